The van der Waals surface area contributed by atoms with Crippen LogP contribution in [0.5, 0.6) is 0 Å². The molecule has 5 nitrogen and oxygen atoms in total. The summed E-state index contributed by atoms with van der Waals surface area (Å²) in [5.74, 6) is -0.0232. The van der Waals surface area contributed by atoms with Gasteiger partial charge in [0.1, 0.15) is 0 Å². The van der Waals surface area contributed by atoms with Crippen LogP contribution in [0.3, 0.4) is 0 Å². The Balaban J connectivity index is 2.38. The summed E-state index contributed by atoms with van der Waals surface area (Å²) in [5, 5.41) is 6.26. The molecular formula is C11H9BrF3N3O2S. The van der Waals surface area contributed by atoms with E-state index in [-0.39, 0.29) is 5.82 Å². The predicted octanol–water partition coefficient (Wildman–Crippen LogP) is 3.30. The minimum absolute atomic E-state index is 0.0232. The Morgan fingerprint density at radius 1 is 1.33 bits per heavy atom. The summed E-state index contributed by atoms with van der Waals surface area (Å²) in [6, 6.07) is 3.47. The number of rotatable bonds is 3. The molecule has 0 amide bonds. The number of hydrogen-bond acceptors (Lipinski definition) is 3. The van der Waals surface area contributed by atoms with Gasteiger partial charge in [-0.3, -0.25) is 9.82 Å². The van der Waals surface area contributed by atoms with E-state index in [0.29, 0.717) is 16.2 Å². The lowest BCUT2D eigenvalue weighted by molar-refractivity contribution is -0.137. The van der Waals surface area contributed by atoms with Gasteiger partial charge in [0.25, 0.3) is 10.0 Å². The molecular weight excluding hydrogens is 375 g/mol. The molecule has 0 fully saturated rings. The van der Waals surface area contributed by atoms with Crippen molar-refractivity contribution < 1.29 is 21.6 Å². The number of nitrogens with one attached hydrogen (secondary N) is 2. The van der Waals surface area contributed by atoms with Gasteiger partial charge in [0.15, 0.2) is 5.82 Å². The SMILES string of the molecule is Cc1[nH]nc(NS(=O)(=O)c2cccc(C(F)(F)F)c2)c1Br. The zero-order valence-electron chi connectivity index (χ0n) is 10.5. The molecule has 1 aromatic heterocycles. The lowest BCUT2D eigenvalue weighted by atomic mass is 10.2. The highest BCUT2D eigenvalue weighted by Crippen LogP contribution is 2.31. The van der Waals surface area contributed by atoms with Gasteiger partial charge in [0.05, 0.1) is 14.9 Å². The minimum atomic E-state index is -4.62. The van der Waals surface area contributed by atoms with Crippen molar-refractivity contribution in [3.63, 3.8) is 0 Å². The van der Waals surface area contributed by atoms with Crippen molar-refractivity contribution >= 4 is 31.8 Å². The smallest absolute Gasteiger partial charge is 0.280 e. The third-order valence-electron chi connectivity index (χ3n) is 2.58. The first-order valence-corrected chi connectivity index (χ1v) is 7.79. The molecule has 0 aliphatic carbocycles. The Labute approximate surface area is 126 Å². The van der Waals surface area contributed by atoms with Crippen LogP contribution in [0.15, 0.2) is 33.6 Å². The van der Waals surface area contributed by atoms with E-state index in [2.05, 4.69) is 30.8 Å². The van der Waals surface area contributed by atoms with Crippen LogP contribution >= 0.6 is 15.9 Å². The molecule has 21 heavy (non-hydrogen) atoms. The predicted molar refractivity (Wildman–Crippen MR) is 73.3 cm³/mol. The first-order valence-electron chi connectivity index (χ1n) is 5.52. The number of aromatic nitrogens is 2. The third kappa shape index (κ3) is 3.38. The van der Waals surface area contributed by atoms with E-state index in [1.807, 2.05) is 0 Å². The van der Waals surface area contributed by atoms with Crippen LogP contribution < -0.4 is 4.72 Å². The fraction of sp³-hybridized carbons (Fsp3) is 0.182. The number of benzene rings is 1. The maximum absolute atomic E-state index is 12.6. The topological polar surface area (TPSA) is 74.8 Å². The highest BCUT2D eigenvalue weighted by atomic mass is 79.9. The Hall–Kier alpha value is -1.55. The van der Waals surface area contributed by atoms with Crippen molar-refractivity contribution in [1.29, 1.82) is 0 Å². The Morgan fingerprint density at radius 2 is 2.00 bits per heavy atom. The van der Waals surface area contributed by atoms with Crippen LogP contribution in [0.25, 0.3) is 0 Å². The van der Waals surface area contributed by atoms with E-state index < -0.39 is 26.7 Å². The molecule has 114 valence electrons. The minimum Gasteiger partial charge on any atom is -0.280 e. The molecule has 0 bridgehead atoms. The molecule has 10 heteroatoms. The summed E-state index contributed by atoms with van der Waals surface area (Å²) in [7, 11) is -4.17. The maximum Gasteiger partial charge on any atom is 0.416 e. The van der Waals surface area contributed by atoms with Crippen LogP contribution in [0, 0.1) is 6.92 Å². The van der Waals surface area contributed by atoms with Crippen LogP contribution in [0.1, 0.15) is 11.3 Å². The number of hydrogen-bond donors (Lipinski definition) is 2. The van der Waals surface area contributed by atoms with Crippen molar-refractivity contribution in [3.8, 4) is 0 Å². The van der Waals surface area contributed by atoms with Gasteiger partial charge in [-0.1, -0.05) is 6.07 Å². The number of sulfonamides is 1. The van der Waals surface area contributed by atoms with Gasteiger partial charge in [0.2, 0.25) is 0 Å². The van der Waals surface area contributed by atoms with Crippen LogP contribution in [-0.4, -0.2) is 18.6 Å². The van der Waals surface area contributed by atoms with Gasteiger partial charge in [-0.25, -0.2) is 8.42 Å². The molecule has 0 saturated carbocycles. The molecule has 0 unspecified atom stereocenters. The molecule has 0 aliphatic rings. The Bertz CT molecular complexity index is 771. The number of halogens is 4. The molecule has 0 atom stereocenters. The molecule has 2 rings (SSSR count). The second-order valence-corrected chi connectivity index (χ2v) is 6.62. The van der Waals surface area contributed by atoms with Crippen molar-refractivity contribution in [2.24, 2.45) is 0 Å². The zero-order chi connectivity index (χ0) is 15.8. The summed E-state index contributed by atoms with van der Waals surface area (Å²) in [6.45, 7) is 1.65. The highest BCUT2D eigenvalue weighted by molar-refractivity contribution is 9.10. The summed E-state index contributed by atoms with van der Waals surface area (Å²) in [4.78, 5) is -0.495. The molecule has 1 heterocycles. The molecule has 2 aromatic rings. The number of aryl methyl sites for hydroxylation is 1. The Morgan fingerprint density at radius 3 is 2.52 bits per heavy atom. The van der Waals surface area contributed by atoms with Crippen molar-refractivity contribution in [2.45, 2.75) is 18.0 Å². The molecule has 1 aromatic carbocycles. The van der Waals surface area contributed by atoms with Gasteiger partial charge < -0.3 is 0 Å². The summed E-state index contributed by atoms with van der Waals surface area (Å²) in [5.41, 5.74) is -0.459. The summed E-state index contributed by atoms with van der Waals surface area (Å²) < 4.78 is 64.5. The monoisotopic (exact) mass is 383 g/mol. The van der Waals surface area contributed by atoms with Gasteiger partial charge in [-0.2, -0.15) is 18.3 Å². The zero-order valence-corrected chi connectivity index (χ0v) is 12.9. The van der Waals surface area contributed by atoms with Crippen molar-refractivity contribution in [2.75, 3.05) is 4.72 Å². The van der Waals surface area contributed by atoms with Crippen molar-refractivity contribution in [1.82, 2.24) is 10.2 Å². The van der Waals surface area contributed by atoms with Gasteiger partial charge in [0, 0.05) is 5.69 Å². The Kier molecular flexibility index (Phi) is 4.02. The van der Waals surface area contributed by atoms with Crippen molar-refractivity contribution in [3.05, 3.63) is 40.0 Å². The van der Waals surface area contributed by atoms with Gasteiger partial charge in [-0.15, -0.1) is 0 Å². The largest absolute Gasteiger partial charge is 0.416 e. The maximum atomic E-state index is 12.6. The first kappa shape index (κ1) is 15.8. The molecule has 0 aliphatic heterocycles. The van der Waals surface area contributed by atoms with Crippen LogP contribution in [0.2, 0.25) is 0 Å². The van der Waals surface area contributed by atoms with Crippen LogP contribution in [-0.2, 0) is 16.2 Å². The number of nitrogens with zero attached hydrogens (tertiary/aromatic N) is 1. The van der Waals surface area contributed by atoms with E-state index in [0.717, 1.165) is 18.2 Å². The average Bonchev–Trinajstić information content (AvgIpc) is 2.69. The van der Waals surface area contributed by atoms with E-state index in [1.165, 1.54) is 0 Å². The fourth-order valence-corrected chi connectivity index (χ4v) is 2.98. The molecule has 0 spiro atoms. The number of H-pyrrole nitrogens is 1. The third-order valence-corrected chi connectivity index (χ3v) is 4.88. The van der Waals surface area contributed by atoms with Gasteiger partial charge in [-0.05, 0) is 41.1 Å². The lowest BCUT2D eigenvalue weighted by Gasteiger charge is -2.10. The quantitative estimate of drug-likeness (QED) is 0.853. The van der Waals surface area contributed by atoms with E-state index in [4.69, 9.17) is 0 Å². The molecule has 2 N–H and O–H groups in total. The number of anilines is 1. The number of aromatic amines is 1. The summed E-state index contributed by atoms with van der Waals surface area (Å²) in [6.07, 6.45) is -4.62. The molecule has 0 radical (unpaired) electrons. The van der Waals surface area contributed by atoms with E-state index in [9.17, 15) is 21.6 Å². The first-order chi connectivity index (χ1) is 9.61. The second-order valence-electron chi connectivity index (χ2n) is 4.14. The number of alkyl halides is 3. The van der Waals surface area contributed by atoms with Crippen LogP contribution in [0.4, 0.5) is 19.0 Å². The fourth-order valence-electron chi connectivity index (χ4n) is 1.51. The molecule has 0 saturated heterocycles. The normalized spacial score (nSPS) is 12.4. The lowest BCUT2D eigenvalue weighted by Crippen LogP contribution is -2.15. The highest BCUT2D eigenvalue weighted by Gasteiger charge is 2.31. The van der Waals surface area contributed by atoms with E-state index >= 15 is 0 Å². The average molecular weight is 384 g/mol. The standard InChI is InChI=1S/C11H9BrF3N3O2S/c1-6-9(12)10(17-16-6)18-21(19,20)8-4-2-3-7(5-8)11(13,14)15/h2-5H,1H3,(H2,16,17,18). The van der Waals surface area contributed by atoms with Gasteiger partial charge >= 0.3 is 6.18 Å². The summed E-state index contributed by atoms with van der Waals surface area (Å²) >= 11 is 3.12. The second kappa shape index (κ2) is 5.34. The van der Waals surface area contributed by atoms with E-state index in [1.54, 1.807) is 6.92 Å².